The Morgan fingerprint density at radius 2 is 1.85 bits per heavy atom. The fourth-order valence-corrected chi connectivity index (χ4v) is 2.78. The third-order valence-electron chi connectivity index (χ3n) is 4.04. The minimum atomic E-state index is -2.89. The van der Waals surface area contributed by atoms with Crippen LogP contribution < -0.4 is 9.64 Å². The van der Waals surface area contributed by atoms with Crippen LogP contribution in [0, 0.1) is 0 Å². The number of nitrogens with zero attached hydrogens (tertiary/aromatic N) is 1. The SMILES string of the molecule is O=C(/C=C\c1ccc(OC(F)F)cc1)OCC(=O)N1CCc2ccccc21. The van der Waals surface area contributed by atoms with E-state index in [-0.39, 0.29) is 18.3 Å². The van der Waals surface area contributed by atoms with Gasteiger partial charge in [0.2, 0.25) is 0 Å². The number of ether oxygens (including phenoxy) is 2. The van der Waals surface area contributed by atoms with E-state index in [1.165, 1.54) is 36.4 Å². The molecule has 0 fully saturated rings. The second kappa shape index (κ2) is 8.44. The molecule has 0 atom stereocenters. The topological polar surface area (TPSA) is 55.8 Å². The maximum atomic E-state index is 12.3. The Balaban J connectivity index is 1.49. The van der Waals surface area contributed by atoms with Crippen molar-refractivity contribution in [1.29, 1.82) is 0 Å². The first-order valence-corrected chi connectivity index (χ1v) is 8.31. The lowest BCUT2D eigenvalue weighted by atomic mass is 10.2. The highest BCUT2D eigenvalue weighted by Gasteiger charge is 2.24. The number of hydrogen-bond acceptors (Lipinski definition) is 4. The molecule has 1 heterocycles. The summed E-state index contributed by atoms with van der Waals surface area (Å²) < 4.78 is 33.4. The van der Waals surface area contributed by atoms with E-state index < -0.39 is 12.6 Å². The van der Waals surface area contributed by atoms with E-state index in [9.17, 15) is 18.4 Å². The number of carbonyl (C=O) groups excluding carboxylic acids is 2. The Bertz CT molecular complexity index is 849. The molecule has 7 heteroatoms. The van der Waals surface area contributed by atoms with Crippen molar-refractivity contribution in [2.24, 2.45) is 0 Å². The molecule has 140 valence electrons. The summed E-state index contributed by atoms with van der Waals surface area (Å²) in [6.07, 6.45) is 3.42. The molecule has 0 unspecified atom stereocenters. The highest BCUT2D eigenvalue weighted by atomic mass is 19.3. The van der Waals surface area contributed by atoms with Crippen molar-refractivity contribution in [2.75, 3.05) is 18.1 Å². The van der Waals surface area contributed by atoms with Gasteiger partial charge in [-0.1, -0.05) is 30.3 Å². The average Bonchev–Trinajstić information content (AvgIpc) is 3.09. The molecule has 2 aromatic carbocycles. The fourth-order valence-electron chi connectivity index (χ4n) is 2.78. The number of hydrogen-bond donors (Lipinski definition) is 0. The molecule has 0 N–H and O–H groups in total. The molecule has 0 aromatic heterocycles. The molecule has 1 aliphatic heterocycles. The number of carbonyl (C=O) groups is 2. The lowest BCUT2D eigenvalue weighted by Gasteiger charge is -2.16. The Kier molecular flexibility index (Phi) is 5.80. The molecule has 1 amide bonds. The molecule has 0 saturated heterocycles. The van der Waals surface area contributed by atoms with Crippen LogP contribution in [0.15, 0.2) is 54.6 Å². The summed E-state index contributed by atoms with van der Waals surface area (Å²) in [4.78, 5) is 25.7. The zero-order valence-electron chi connectivity index (χ0n) is 14.3. The standard InChI is InChI=1S/C20H17F2NO4/c21-20(22)27-16-8-5-14(6-9-16)7-10-19(25)26-13-18(24)23-12-11-15-3-1-2-4-17(15)23/h1-10,20H,11-13H2/b10-7-. The van der Waals surface area contributed by atoms with E-state index in [0.29, 0.717) is 12.1 Å². The molecule has 0 radical (unpaired) electrons. The molecule has 0 saturated carbocycles. The predicted octanol–water partition coefficient (Wildman–Crippen LogP) is 3.43. The number of rotatable bonds is 6. The molecular weight excluding hydrogens is 356 g/mol. The van der Waals surface area contributed by atoms with Crippen molar-refractivity contribution >= 4 is 23.6 Å². The van der Waals surface area contributed by atoms with Gasteiger partial charge in [-0.2, -0.15) is 8.78 Å². The van der Waals surface area contributed by atoms with Crippen LogP contribution in [0.5, 0.6) is 5.75 Å². The minimum Gasteiger partial charge on any atom is -0.452 e. The Labute approximate surface area is 154 Å². The summed E-state index contributed by atoms with van der Waals surface area (Å²) in [6, 6.07) is 13.4. The van der Waals surface area contributed by atoms with Gasteiger partial charge in [0, 0.05) is 18.3 Å². The third kappa shape index (κ3) is 4.91. The summed E-state index contributed by atoms with van der Waals surface area (Å²) in [5.41, 5.74) is 2.55. The predicted molar refractivity (Wildman–Crippen MR) is 95.6 cm³/mol. The molecule has 27 heavy (non-hydrogen) atoms. The van der Waals surface area contributed by atoms with Crippen LogP contribution in [0.4, 0.5) is 14.5 Å². The molecule has 5 nitrogen and oxygen atoms in total. The molecule has 0 spiro atoms. The molecule has 3 rings (SSSR count). The zero-order valence-corrected chi connectivity index (χ0v) is 14.3. The van der Waals surface area contributed by atoms with Gasteiger partial charge < -0.3 is 14.4 Å². The van der Waals surface area contributed by atoms with Crippen molar-refractivity contribution in [3.05, 3.63) is 65.7 Å². The van der Waals surface area contributed by atoms with Crippen LogP contribution in [-0.4, -0.2) is 31.6 Å². The van der Waals surface area contributed by atoms with Gasteiger partial charge in [0.15, 0.2) is 6.61 Å². The second-order valence-corrected chi connectivity index (χ2v) is 5.81. The van der Waals surface area contributed by atoms with Crippen molar-refractivity contribution in [2.45, 2.75) is 13.0 Å². The van der Waals surface area contributed by atoms with Gasteiger partial charge in [-0.25, -0.2) is 4.79 Å². The first kappa shape index (κ1) is 18.6. The van der Waals surface area contributed by atoms with Crippen molar-refractivity contribution in [1.82, 2.24) is 0 Å². The van der Waals surface area contributed by atoms with Crippen LogP contribution in [0.25, 0.3) is 6.08 Å². The lowest BCUT2D eigenvalue weighted by molar-refractivity contribution is -0.142. The lowest BCUT2D eigenvalue weighted by Crippen LogP contribution is -2.33. The van der Waals surface area contributed by atoms with Gasteiger partial charge in [0.1, 0.15) is 5.75 Å². The van der Waals surface area contributed by atoms with E-state index in [2.05, 4.69) is 4.74 Å². The Morgan fingerprint density at radius 1 is 1.11 bits per heavy atom. The third-order valence-corrected chi connectivity index (χ3v) is 4.04. The normalized spacial score (nSPS) is 13.1. The van der Waals surface area contributed by atoms with Gasteiger partial charge in [0.05, 0.1) is 0 Å². The largest absolute Gasteiger partial charge is 0.452 e. The Hall–Kier alpha value is -3.22. The number of halogens is 2. The zero-order chi connectivity index (χ0) is 19.2. The molecule has 0 aliphatic carbocycles. The summed E-state index contributed by atoms with van der Waals surface area (Å²) in [7, 11) is 0. The number of fused-ring (bicyclic) bond motifs is 1. The average molecular weight is 373 g/mol. The molecule has 2 aromatic rings. The monoisotopic (exact) mass is 373 g/mol. The smallest absolute Gasteiger partial charge is 0.387 e. The second-order valence-electron chi connectivity index (χ2n) is 5.81. The van der Waals surface area contributed by atoms with E-state index in [0.717, 1.165) is 17.7 Å². The number of esters is 1. The van der Waals surface area contributed by atoms with Crippen LogP contribution in [0.1, 0.15) is 11.1 Å². The van der Waals surface area contributed by atoms with Gasteiger partial charge in [-0.15, -0.1) is 0 Å². The Morgan fingerprint density at radius 3 is 2.59 bits per heavy atom. The summed E-state index contributed by atoms with van der Waals surface area (Å²) >= 11 is 0. The maximum absolute atomic E-state index is 12.3. The highest BCUT2D eigenvalue weighted by molar-refractivity contribution is 5.98. The maximum Gasteiger partial charge on any atom is 0.387 e. The van der Waals surface area contributed by atoms with Gasteiger partial charge in [-0.3, -0.25) is 4.79 Å². The van der Waals surface area contributed by atoms with Crippen LogP contribution >= 0.6 is 0 Å². The quantitative estimate of drug-likeness (QED) is 0.575. The minimum absolute atomic E-state index is 0.0289. The van der Waals surface area contributed by atoms with E-state index in [4.69, 9.17) is 4.74 Å². The summed E-state index contributed by atoms with van der Waals surface area (Å²) in [6.45, 7) is -2.67. The molecule has 0 bridgehead atoms. The fraction of sp³-hybridized carbons (Fsp3) is 0.200. The summed E-state index contributed by atoms with van der Waals surface area (Å²) in [5.74, 6) is -0.917. The van der Waals surface area contributed by atoms with E-state index >= 15 is 0 Å². The highest BCUT2D eigenvalue weighted by Crippen LogP contribution is 2.27. The van der Waals surface area contributed by atoms with Crippen LogP contribution in [-0.2, 0) is 20.7 Å². The van der Waals surface area contributed by atoms with Crippen molar-refractivity contribution in [3.63, 3.8) is 0 Å². The van der Waals surface area contributed by atoms with Gasteiger partial charge >= 0.3 is 12.6 Å². The first-order valence-electron chi connectivity index (χ1n) is 8.31. The van der Waals surface area contributed by atoms with E-state index in [1.54, 1.807) is 4.90 Å². The van der Waals surface area contributed by atoms with Gasteiger partial charge in [0.25, 0.3) is 5.91 Å². The number of alkyl halides is 2. The number of para-hydroxylation sites is 1. The number of amides is 1. The number of benzene rings is 2. The van der Waals surface area contributed by atoms with Crippen molar-refractivity contribution in [3.8, 4) is 5.75 Å². The van der Waals surface area contributed by atoms with Gasteiger partial charge in [-0.05, 0) is 41.8 Å². The molecule has 1 aliphatic rings. The molecular formula is C20H17F2NO4. The first-order chi connectivity index (χ1) is 13.0. The van der Waals surface area contributed by atoms with Crippen molar-refractivity contribution < 1.29 is 27.8 Å². The van der Waals surface area contributed by atoms with Crippen LogP contribution in [0.2, 0.25) is 0 Å². The van der Waals surface area contributed by atoms with E-state index in [1.807, 2.05) is 24.3 Å². The number of anilines is 1. The summed E-state index contributed by atoms with van der Waals surface area (Å²) in [5, 5.41) is 0. The van der Waals surface area contributed by atoms with Crippen LogP contribution in [0.3, 0.4) is 0 Å².